The molecule has 0 radical (unpaired) electrons. The molecule has 1 atom stereocenters. The minimum absolute atomic E-state index is 0.203. The average molecular weight is 414 g/mol. The Hall–Kier alpha value is -3.17. The highest BCUT2D eigenvalue weighted by Crippen LogP contribution is 2.30. The number of halogens is 1. The molecule has 0 spiro atoms. The molecule has 2 nitrogen and oxygen atoms in total. The van der Waals surface area contributed by atoms with Crippen molar-refractivity contribution in [2.75, 3.05) is 0 Å². The molecule has 0 bridgehead atoms. The molecular weight excluding hydrogens is 385 g/mol. The number of benzene rings is 4. The van der Waals surface area contributed by atoms with E-state index in [-0.39, 0.29) is 18.5 Å². The zero-order valence-corrected chi connectivity index (χ0v) is 17.9. The summed E-state index contributed by atoms with van der Waals surface area (Å²) in [5, 5.41) is 6.07. The Kier molecular flexibility index (Phi) is 6.96. The van der Waals surface area contributed by atoms with E-state index in [1.165, 1.54) is 17.0 Å². The molecule has 4 rings (SSSR count). The Morgan fingerprint density at radius 3 is 2.39 bits per heavy atom. The van der Waals surface area contributed by atoms with E-state index in [4.69, 9.17) is 4.74 Å². The van der Waals surface area contributed by atoms with Gasteiger partial charge in [-0.05, 0) is 34.9 Å². The van der Waals surface area contributed by atoms with Crippen LogP contribution in [-0.2, 0) is 13.2 Å². The van der Waals surface area contributed by atoms with Crippen LogP contribution in [0.15, 0.2) is 91.0 Å². The number of nitrogens with one attached hydrogen (secondary N) is 1. The van der Waals surface area contributed by atoms with Crippen LogP contribution in [0.3, 0.4) is 0 Å². The normalized spacial score (nSPS) is 12.1. The van der Waals surface area contributed by atoms with Crippen LogP contribution in [0.2, 0.25) is 0 Å². The summed E-state index contributed by atoms with van der Waals surface area (Å²) >= 11 is 0. The first-order chi connectivity index (χ1) is 15.3. The minimum atomic E-state index is -0.241. The van der Waals surface area contributed by atoms with Gasteiger partial charge in [0.15, 0.2) is 0 Å². The third-order valence-corrected chi connectivity index (χ3v) is 5.64. The Morgan fingerprint density at radius 1 is 0.839 bits per heavy atom. The first-order valence-corrected chi connectivity index (χ1v) is 10.9. The highest BCUT2D eigenvalue weighted by molar-refractivity contribution is 5.87. The van der Waals surface area contributed by atoms with Crippen molar-refractivity contribution in [2.24, 2.45) is 0 Å². The van der Waals surface area contributed by atoms with E-state index in [0.717, 1.165) is 29.5 Å². The molecule has 0 aliphatic carbocycles. The van der Waals surface area contributed by atoms with Crippen molar-refractivity contribution in [3.05, 3.63) is 114 Å². The van der Waals surface area contributed by atoms with Crippen molar-refractivity contribution in [1.29, 1.82) is 0 Å². The molecule has 31 heavy (non-hydrogen) atoms. The largest absolute Gasteiger partial charge is 0.488 e. The van der Waals surface area contributed by atoms with E-state index in [0.29, 0.717) is 12.1 Å². The van der Waals surface area contributed by atoms with Gasteiger partial charge in [-0.15, -0.1) is 0 Å². The van der Waals surface area contributed by atoms with Crippen molar-refractivity contribution < 1.29 is 9.13 Å². The maximum absolute atomic E-state index is 14.1. The Labute approximate surface area is 183 Å². The van der Waals surface area contributed by atoms with Crippen molar-refractivity contribution >= 4 is 10.8 Å². The zero-order chi connectivity index (χ0) is 21.5. The van der Waals surface area contributed by atoms with E-state index in [1.807, 2.05) is 30.3 Å². The first-order valence-electron chi connectivity index (χ1n) is 10.9. The molecule has 158 valence electrons. The lowest BCUT2D eigenvalue weighted by Gasteiger charge is -2.21. The van der Waals surface area contributed by atoms with Gasteiger partial charge >= 0.3 is 0 Å². The van der Waals surface area contributed by atoms with Crippen LogP contribution in [-0.4, -0.2) is 0 Å². The predicted octanol–water partition coefficient (Wildman–Crippen LogP) is 7.19. The average Bonchev–Trinajstić information content (AvgIpc) is 2.82. The molecular formula is C28H28FNO. The van der Waals surface area contributed by atoms with Crippen LogP contribution in [0.25, 0.3) is 10.8 Å². The molecule has 3 heteroatoms. The lowest BCUT2D eigenvalue weighted by molar-refractivity contribution is 0.296. The summed E-state index contributed by atoms with van der Waals surface area (Å²) in [5.74, 6) is 0.549. The van der Waals surface area contributed by atoms with Gasteiger partial charge in [0.05, 0.1) is 0 Å². The standard InChI is InChI=1S/C28H28FNO/c1-2-10-27(22-12-4-3-5-13-22)30-19-25-24-15-8-6-11-21(24)17-18-28(25)31-20-23-14-7-9-16-26(23)29/h3-9,11-18,27,30H,2,10,19-20H2,1H3. The van der Waals surface area contributed by atoms with E-state index in [9.17, 15) is 4.39 Å². The van der Waals surface area contributed by atoms with E-state index < -0.39 is 0 Å². The number of hydrogen-bond donors (Lipinski definition) is 1. The van der Waals surface area contributed by atoms with Gasteiger partial charge in [-0.1, -0.05) is 92.2 Å². The monoisotopic (exact) mass is 413 g/mol. The van der Waals surface area contributed by atoms with Crippen LogP contribution < -0.4 is 10.1 Å². The first kappa shape index (κ1) is 21.1. The molecule has 0 saturated carbocycles. The lowest BCUT2D eigenvalue weighted by Crippen LogP contribution is -2.21. The number of rotatable bonds is 9. The number of ether oxygens (including phenoxy) is 1. The molecule has 0 heterocycles. The summed E-state index contributed by atoms with van der Waals surface area (Å²) in [5.41, 5.74) is 2.95. The topological polar surface area (TPSA) is 21.3 Å². The number of hydrogen-bond acceptors (Lipinski definition) is 2. The second-order valence-corrected chi connectivity index (χ2v) is 7.78. The SMILES string of the molecule is CCCC(NCc1c(OCc2ccccc2F)ccc2ccccc12)c1ccccc1. The summed E-state index contributed by atoms with van der Waals surface area (Å²) in [6.45, 7) is 3.08. The molecule has 0 fully saturated rings. The smallest absolute Gasteiger partial charge is 0.129 e. The Balaban J connectivity index is 1.61. The summed E-state index contributed by atoms with van der Waals surface area (Å²) in [6, 6.07) is 30.0. The van der Waals surface area contributed by atoms with Crippen LogP contribution in [0.5, 0.6) is 5.75 Å². The van der Waals surface area contributed by atoms with Gasteiger partial charge in [-0.25, -0.2) is 4.39 Å². The van der Waals surface area contributed by atoms with Crippen LogP contribution in [0.1, 0.15) is 42.5 Å². The number of fused-ring (bicyclic) bond motifs is 1. The Morgan fingerprint density at radius 2 is 1.58 bits per heavy atom. The fourth-order valence-corrected chi connectivity index (χ4v) is 3.99. The van der Waals surface area contributed by atoms with Gasteiger partial charge < -0.3 is 10.1 Å². The van der Waals surface area contributed by atoms with Gasteiger partial charge in [-0.3, -0.25) is 0 Å². The molecule has 4 aromatic carbocycles. The summed E-state index contributed by atoms with van der Waals surface area (Å²) in [7, 11) is 0. The maximum atomic E-state index is 14.1. The van der Waals surface area contributed by atoms with Crippen LogP contribution in [0.4, 0.5) is 4.39 Å². The Bertz CT molecular complexity index is 1130. The maximum Gasteiger partial charge on any atom is 0.129 e. The fourth-order valence-electron chi connectivity index (χ4n) is 3.99. The van der Waals surface area contributed by atoms with Crippen molar-refractivity contribution in [2.45, 2.75) is 39.0 Å². The van der Waals surface area contributed by atoms with E-state index in [1.54, 1.807) is 12.1 Å². The third kappa shape index (κ3) is 5.12. The van der Waals surface area contributed by atoms with Crippen molar-refractivity contribution in [3.8, 4) is 5.75 Å². The second-order valence-electron chi connectivity index (χ2n) is 7.78. The molecule has 0 aliphatic rings. The molecule has 0 aliphatic heterocycles. The third-order valence-electron chi connectivity index (χ3n) is 5.64. The van der Waals surface area contributed by atoms with Gasteiger partial charge in [-0.2, -0.15) is 0 Å². The highest BCUT2D eigenvalue weighted by Gasteiger charge is 2.14. The highest BCUT2D eigenvalue weighted by atomic mass is 19.1. The molecule has 1 unspecified atom stereocenters. The van der Waals surface area contributed by atoms with Gasteiger partial charge in [0.1, 0.15) is 18.2 Å². The molecule has 0 aromatic heterocycles. The van der Waals surface area contributed by atoms with Crippen molar-refractivity contribution in [1.82, 2.24) is 5.32 Å². The molecule has 0 amide bonds. The van der Waals surface area contributed by atoms with Crippen LogP contribution in [0, 0.1) is 5.82 Å². The summed E-state index contributed by atoms with van der Waals surface area (Å²) in [6.07, 6.45) is 2.15. The van der Waals surface area contributed by atoms with Gasteiger partial charge in [0, 0.05) is 23.7 Å². The minimum Gasteiger partial charge on any atom is -0.488 e. The quantitative estimate of drug-likeness (QED) is 0.313. The molecule has 1 N–H and O–H groups in total. The van der Waals surface area contributed by atoms with Gasteiger partial charge in [0.2, 0.25) is 0 Å². The van der Waals surface area contributed by atoms with E-state index in [2.05, 4.69) is 54.7 Å². The lowest BCUT2D eigenvalue weighted by atomic mass is 10.00. The second kappa shape index (κ2) is 10.2. The predicted molar refractivity (Wildman–Crippen MR) is 126 cm³/mol. The molecule has 4 aromatic rings. The summed E-state index contributed by atoms with van der Waals surface area (Å²) in [4.78, 5) is 0. The zero-order valence-electron chi connectivity index (χ0n) is 17.9. The van der Waals surface area contributed by atoms with Gasteiger partial charge in [0.25, 0.3) is 0 Å². The fraction of sp³-hybridized carbons (Fsp3) is 0.214. The summed E-state index contributed by atoms with van der Waals surface area (Å²) < 4.78 is 20.2. The van der Waals surface area contributed by atoms with E-state index >= 15 is 0 Å². The molecule has 0 saturated heterocycles. The van der Waals surface area contributed by atoms with Crippen LogP contribution >= 0.6 is 0 Å². The van der Waals surface area contributed by atoms with Crippen molar-refractivity contribution in [3.63, 3.8) is 0 Å².